The number of amides is 4. The molecule has 1 rings (SSSR count). The van der Waals surface area contributed by atoms with Crippen LogP contribution in [0, 0.1) is 0 Å². The van der Waals surface area contributed by atoms with E-state index in [1.54, 1.807) is 11.9 Å². The van der Waals surface area contributed by atoms with Crippen LogP contribution in [0.1, 0.15) is 0 Å². The standard InChI is InChI=1S/C9H17N5O3/c1-11-8(16)6-4-12-2-3-14(6)5-7(15)13-9(10)17/h6,12H,2-5H2,1H3,(H,11,16)(H3,10,13,15,17). The average Bonchev–Trinajstić information content (AvgIpc) is 2.27. The number of nitrogens with one attached hydrogen (secondary N) is 3. The van der Waals surface area contributed by atoms with Crippen LogP contribution >= 0.6 is 0 Å². The van der Waals surface area contributed by atoms with Gasteiger partial charge in [0, 0.05) is 26.7 Å². The lowest BCUT2D eigenvalue weighted by molar-refractivity contribution is -0.128. The third-order valence-electron chi connectivity index (χ3n) is 2.51. The zero-order valence-electron chi connectivity index (χ0n) is 9.66. The van der Waals surface area contributed by atoms with Gasteiger partial charge in [-0.2, -0.15) is 0 Å². The van der Waals surface area contributed by atoms with Crippen molar-refractivity contribution in [1.29, 1.82) is 0 Å². The highest BCUT2D eigenvalue weighted by Gasteiger charge is 2.29. The van der Waals surface area contributed by atoms with Crippen LogP contribution < -0.4 is 21.7 Å². The van der Waals surface area contributed by atoms with E-state index in [2.05, 4.69) is 10.6 Å². The Balaban J connectivity index is 2.56. The molecule has 1 atom stereocenters. The topological polar surface area (TPSA) is 117 Å². The fourth-order valence-electron chi connectivity index (χ4n) is 1.72. The molecule has 8 heteroatoms. The Morgan fingerprint density at radius 3 is 2.76 bits per heavy atom. The van der Waals surface area contributed by atoms with E-state index in [1.165, 1.54) is 0 Å². The number of piperazine rings is 1. The van der Waals surface area contributed by atoms with E-state index in [0.29, 0.717) is 19.6 Å². The van der Waals surface area contributed by atoms with Gasteiger partial charge in [0.05, 0.1) is 6.54 Å². The number of imide groups is 1. The second-order valence-electron chi connectivity index (χ2n) is 3.72. The van der Waals surface area contributed by atoms with Crippen LogP contribution in [0.3, 0.4) is 0 Å². The van der Waals surface area contributed by atoms with E-state index >= 15 is 0 Å². The zero-order chi connectivity index (χ0) is 12.8. The van der Waals surface area contributed by atoms with E-state index in [0.717, 1.165) is 0 Å². The first-order chi connectivity index (χ1) is 8.04. The van der Waals surface area contributed by atoms with Crippen LogP contribution in [0.15, 0.2) is 0 Å². The van der Waals surface area contributed by atoms with Crippen molar-refractivity contribution in [3.05, 3.63) is 0 Å². The van der Waals surface area contributed by atoms with Crippen molar-refractivity contribution in [2.45, 2.75) is 6.04 Å². The summed E-state index contributed by atoms with van der Waals surface area (Å²) < 4.78 is 0. The lowest BCUT2D eigenvalue weighted by atomic mass is 10.1. The minimum atomic E-state index is -0.887. The molecule has 17 heavy (non-hydrogen) atoms. The van der Waals surface area contributed by atoms with Gasteiger partial charge in [-0.3, -0.25) is 19.8 Å². The number of carbonyl (C=O) groups is 3. The molecule has 1 fully saturated rings. The van der Waals surface area contributed by atoms with Crippen molar-refractivity contribution in [3.8, 4) is 0 Å². The third kappa shape index (κ3) is 4.00. The van der Waals surface area contributed by atoms with Crippen molar-refractivity contribution >= 4 is 17.8 Å². The molecule has 0 saturated carbocycles. The van der Waals surface area contributed by atoms with E-state index < -0.39 is 18.0 Å². The maximum Gasteiger partial charge on any atom is 0.318 e. The van der Waals surface area contributed by atoms with E-state index in [4.69, 9.17) is 5.73 Å². The lowest BCUT2D eigenvalue weighted by Crippen LogP contribution is -2.59. The number of carbonyl (C=O) groups excluding carboxylic acids is 3. The number of urea groups is 1. The van der Waals surface area contributed by atoms with E-state index in [-0.39, 0.29) is 12.5 Å². The van der Waals surface area contributed by atoms with Crippen LogP contribution in [-0.4, -0.2) is 62.0 Å². The Morgan fingerprint density at radius 1 is 1.47 bits per heavy atom. The average molecular weight is 243 g/mol. The molecule has 0 aromatic carbocycles. The van der Waals surface area contributed by atoms with Crippen molar-refractivity contribution < 1.29 is 14.4 Å². The van der Waals surface area contributed by atoms with Gasteiger partial charge >= 0.3 is 6.03 Å². The second-order valence-corrected chi connectivity index (χ2v) is 3.72. The van der Waals surface area contributed by atoms with E-state index in [9.17, 15) is 14.4 Å². The number of nitrogens with two attached hydrogens (primary N) is 1. The van der Waals surface area contributed by atoms with Crippen LogP contribution in [0.2, 0.25) is 0 Å². The summed E-state index contributed by atoms with van der Waals surface area (Å²) in [6, 6.07) is -1.30. The smallest absolute Gasteiger partial charge is 0.318 e. The number of likely N-dealkylation sites (N-methyl/N-ethyl adjacent to an activating group) is 1. The summed E-state index contributed by atoms with van der Waals surface area (Å²) in [5.74, 6) is -0.669. The maximum absolute atomic E-state index is 11.6. The molecule has 0 radical (unpaired) electrons. The number of hydrogen-bond donors (Lipinski definition) is 4. The number of primary amides is 1. The van der Waals surface area contributed by atoms with Gasteiger partial charge in [0.25, 0.3) is 0 Å². The molecule has 1 heterocycles. The Labute approximate surface area is 98.9 Å². The molecular formula is C9H17N5O3. The minimum Gasteiger partial charge on any atom is -0.358 e. The van der Waals surface area contributed by atoms with E-state index in [1.807, 2.05) is 5.32 Å². The molecule has 0 aromatic rings. The second kappa shape index (κ2) is 6.16. The Hall–Kier alpha value is -1.67. The molecule has 0 bridgehead atoms. The first kappa shape index (κ1) is 13.4. The van der Waals surface area contributed by atoms with Crippen molar-refractivity contribution in [3.63, 3.8) is 0 Å². The summed E-state index contributed by atoms with van der Waals surface area (Å²) in [5, 5.41) is 7.58. The summed E-state index contributed by atoms with van der Waals surface area (Å²) >= 11 is 0. The molecule has 0 aromatic heterocycles. The van der Waals surface area contributed by atoms with Gasteiger partial charge in [-0.1, -0.05) is 0 Å². The molecule has 1 saturated heterocycles. The fourth-order valence-corrected chi connectivity index (χ4v) is 1.72. The monoisotopic (exact) mass is 243 g/mol. The van der Waals surface area contributed by atoms with Gasteiger partial charge in [0.2, 0.25) is 11.8 Å². The molecule has 5 N–H and O–H groups in total. The van der Waals surface area contributed by atoms with Crippen molar-refractivity contribution in [2.75, 3.05) is 33.2 Å². The van der Waals surface area contributed by atoms with Gasteiger partial charge in [0.15, 0.2) is 0 Å². The highest BCUT2D eigenvalue weighted by Crippen LogP contribution is 2.02. The molecule has 1 aliphatic rings. The predicted molar refractivity (Wildman–Crippen MR) is 60.0 cm³/mol. The third-order valence-corrected chi connectivity index (χ3v) is 2.51. The van der Waals surface area contributed by atoms with Crippen molar-refractivity contribution in [2.24, 2.45) is 5.73 Å². The Kier molecular flexibility index (Phi) is 4.85. The summed E-state index contributed by atoms with van der Waals surface area (Å²) in [4.78, 5) is 35.1. The number of hydrogen-bond acceptors (Lipinski definition) is 5. The molecular weight excluding hydrogens is 226 g/mol. The molecule has 1 unspecified atom stereocenters. The zero-order valence-corrected chi connectivity index (χ0v) is 9.66. The Bertz CT molecular complexity index is 320. The molecule has 96 valence electrons. The largest absolute Gasteiger partial charge is 0.358 e. The number of nitrogens with zero attached hydrogens (tertiary/aromatic N) is 1. The fraction of sp³-hybridized carbons (Fsp3) is 0.667. The van der Waals surface area contributed by atoms with Gasteiger partial charge in [-0.25, -0.2) is 4.79 Å². The lowest BCUT2D eigenvalue weighted by Gasteiger charge is -2.34. The summed E-state index contributed by atoms with van der Waals surface area (Å²) in [6.07, 6.45) is 0. The maximum atomic E-state index is 11.6. The van der Waals surface area contributed by atoms with Crippen LogP contribution in [-0.2, 0) is 9.59 Å². The summed E-state index contributed by atoms with van der Waals surface area (Å²) in [5.41, 5.74) is 4.84. The summed E-state index contributed by atoms with van der Waals surface area (Å²) in [6.45, 7) is 1.70. The molecule has 4 amide bonds. The minimum absolute atomic E-state index is 0.0251. The van der Waals surface area contributed by atoms with Crippen LogP contribution in [0.25, 0.3) is 0 Å². The van der Waals surface area contributed by atoms with Crippen LogP contribution in [0.4, 0.5) is 4.79 Å². The molecule has 0 spiro atoms. The highest BCUT2D eigenvalue weighted by atomic mass is 16.2. The van der Waals surface area contributed by atoms with Gasteiger partial charge in [0.1, 0.15) is 6.04 Å². The first-order valence-electron chi connectivity index (χ1n) is 5.30. The molecule has 8 nitrogen and oxygen atoms in total. The highest BCUT2D eigenvalue weighted by molar-refractivity contribution is 5.94. The summed E-state index contributed by atoms with van der Waals surface area (Å²) in [7, 11) is 1.54. The quantitative estimate of drug-likeness (QED) is 0.427. The van der Waals surface area contributed by atoms with Crippen molar-refractivity contribution in [1.82, 2.24) is 20.9 Å². The van der Waals surface area contributed by atoms with Crippen LogP contribution in [0.5, 0.6) is 0 Å². The van der Waals surface area contributed by atoms with Gasteiger partial charge < -0.3 is 16.4 Å². The van der Waals surface area contributed by atoms with Gasteiger partial charge in [-0.05, 0) is 0 Å². The Morgan fingerprint density at radius 2 is 2.18 bits per heavy atom. The SMILES string of the molecule is CNC(=O)C1CNCCN1CC(=O)NC(N)=O. The number of rotatable bonds is 3. The predicted octanol–water partition coefficient (Wildman–Crippen LogP) is -2.80. The molecule has 0 aliphatic carbocycles. The normalized spacial score (nSPS) is 20.6. The van der Waals surface area contributed by atoms with Gasteiger partial charge in [-0.15, -0.1) is 0 Å². The first-order valence-corrected chi connectivity index (χ1v) is 5.30. The molecule has 1 aliphatic heterocycles.